The zero-order chi connectivity index (χ0) is 14.3. The molecule has 2 aromatic rings. The third-order valence-electron chi connectivity index (χ3n) is 3.21. The lowest BCUT2D eigenvalue weighted by Gasteiger charge is -2.23. The Morgan fingerprint density at radius 1 is 1.35 bits per heavy atom. The molecule has 4 nitrogen and oxygen atoms in total. The molecule has 108 valence electrons. The fraction of sp³-hybridized carbons (Fsp3) is 0.500. The van der Waals surface area contributed by atoms with Crippen molar-refractivity contribution in [1.82, 2.24) is 14.8 Å². The van der Waals surface area contributed by atoms with Gasteiger partial charge in [0.05, 0.1) is 10.4 Å². The highest BCUT2D eigenvalue weighted by Crippen LogP contribution is 2.36. The van der Waals surface area contributed by atoms with Crippen LogP contribution in [0.25, 0.3) is 11.0 Å². The predicted octanol–water partition coefficient (Wildman–Crippen LogP) is 3.80. The zero-order valence-corrected chi connectivity index (χ0v) is 11.1. The van der Waals surface area contributed by atoms with E-state index in [1.807, 2.05) is 0 Å². The highest BCUT2D eigenvalue weighted by molar-refractivity contribution is 6.31. The Kier molecular flexibility index (Phi) is 3.33. The Morgan fingerprint density at radius 2 is 2.15 bits per heavy atom. The quantitative estimate of drug-likeness (QED) is 0.804. The average Bonchev–Trinajstić information content (AvgIpc) is 2.78. The molecule has 0 spiro atoms. The van der Waals surface area contributed by atoms with Gasteiger partial charge in [0.15, 0.2) is 17.6 Å². The molecule has 0 amide bonds. The van der Waals surface area contributed by atoms with Crippen LogP contribution in [0.5, 0.6) is 0 Å². The van der Waals surface area contributed by atoms with Crippen molar-refractivity contribution in [2.75, 3.05) is 6.61 Å². The van der Waals surface area contributed by atoms with E-state index in [0.29, 0.717) is 13.0 Å². The fourth-order valence-electron chi connectivity index (χ4n) is 2.32. The van der Waals surface area contributed by atoms with E-state index < -0.39 is 18.1 Å². The number of ether oxygens (including phenoxy) is 1. The normalized spacial score (nSPS) is 20.5. The molecule has 1 fully saturated rings. The molecule has 0 aliphatic carbocycles. The Bertz CT molecular complexity index is 635. The van der Waals surface area contributed by atoms with Gasteiger partial charge in [-0.1, -0.05) is 11.6 Å². The lowest BCUT2D eigenvalue weighted by molar-refractivity contribution is -0.141. The summed E-state index contributed by atoms with van der Waals surface area (Å²) >= 11 is 5.74. The lowest BCUT2D eigenvalue weighted by Crippen LogP contribution is -2.20. The predicted molar refractivity (Wildman–Crippen MR) is 66.4 cm³/mol. The second kappa shape index (κ2) is 4.89. The number of rotatable bonds is 1. The molecule has 1 aliphatic rings. The molecular weight excluding hydrogens is 295 g/mol. The highest BCUT2D eigenvalue weighted by atomic mass is 35.5. The Labute approximate surface area is 117 Å². The molecule has 0 radical (unpaired) electrons. The summed E-state index contributed by atoms with van der Waals surface area (Å²) in [6.45, 7) is 0.515. The van der Waals surface area contributed by atoms with Gasteiger partial charge in [-0.2, -0.15) is 18.3 Å². The monoisotopic (exact) mass is 305 g/mol. The van der Waals surface area contributed by atoms with Gasteiger partial charge < -0.3 is 4.74 Å². The summed E-state index contributed by atoms with van der Waals surface area (Å²) in [7, 11) is 0. The molecule has 1 atom stereocenters. The van der Waals surface area contributed by atoms with Gasteiger partial charge in [-0.25, -0.2) is 9.67 Å². The number of aromatic nitrogens is 3. The molecule has 1 aliphatic heterocycles. The number of hydrogen-bond acceptors (Lipinski definition) is 3. The summed E-state index contributed by atoms with van der Waals surface area (Å²) in [4.78, 5) is 3.98. The van der Waals surface area contributed by atoms with Crippen molar-refractivity contribution in [3.63, 3.8) is 0 Å². The Morgan fingerprint density at radius 3 is 2.80 bits per heavy atom. The van der Waals surface area contributed by atoms with E-state index in [2.05, 4.69) is 10.1 Å². The van der Waals surface area contributed by atoms with E-state index in [4.69, 9.17) is 16.3 Å². The second-order valence-corrected chi connectivity index (χ2v) is 5.07. The van der Waals surface area contributed by atoms with Crippen molar-refractivity contribution >= 4 is 22.6 Å². The van der Waals surface area contributed by atoms with Crippen molar-refractivity contribution < 1.29 is 17.9 Å². The first-order valence-electron chi connectivity index (χ1n) is 6.19. The number of pyridine rings is 1. The minimum absolute atomic E-state index is 0.0980. The summed E-state index contributed by atoms with van der Waals surface area (Å²) in [5.41, 5.74) is -0.828. The summed E-state index contributed by atoms with van der Waals surface area (Å²) in [5.74, 6) is 0. The van der Waals surface area contributed by atoms with Crippen molar-refractivity contribution in [3.8, 4) is 0 Å². The van der Waals surface area contributed by atoms with E-state index in [1.165, 1.54) is 16.9 Å². The second-order valence-electron chi connectivity index (χ2n) is 4.64. The fourth-order valence-corrected chi connectivity index (χ4v) is 2.48. The molecule has 20 heavy (non-hydrogen) atoms. The van der Waals surface area contributed by atoms with Crippen LogP contribution in [0.2, 0.25) is 5.02 Å². The van der Waals surface area contributed by atoms with Gasteiger partial charge in [0.1, 0.15) is 0 Å². The summed E-state index contributed by atoms with van der Waals surface area (Å²) in [5, 5.41) is 3.72. The maximum atomic E-state index is 13.0. The minimum Gasteiger partial charge on any atom is -0.356 e. The van der Waals surface area contributed by atoms with Crippen LogP contribution < -0.4 is 0 Å². The molecule has 0 N–H and O–H groups in total. The molecular formula is C12H11ClF3N3O. The van der Waals surface area contributed by atoms with Gasteiger partial charge in [0.2, 0.25) is 0 Å². The van der Waals surface area contributed by atoms with E-state index in [-0.39, 0.29) is 16.1 Å². The van der Waals surface area contributed by atoms with Crippen molar-refractivity contribution in [2.45, 2.75) is 31.7 Å². The lowest BCUT2D eigenvalue weighted by atomic mass is 10.2. The summed E-state index contributed by atoms with van der Waals surface area (Å²) in [6.07, 6.45) is -1.33. The van der Waals surface area contributed by atoms with Crippen LogP contribution in [-0.4, -0.2) is 21.4 Å². The van der Waals surface area contributed by atoms with Gasteiger partial charge >= 0.3 is 6.18 Å². The standard InChI is InChI=1S/C12H11ClF3N3O/c13-7-5-8-10(12(14,15)16)18-19(11(8)17-6-7)9-3-1-2-4-20-9/h5-6,9H,1-4H2. The van der Waals surface area contributed by atoms with E-state index in [9.17, 15) is 13.2 Å². The smallest absolute Gasteiger partial charge is 0.356 e. The van der Waals surface area contributed by atoms with Gasteiger partial charge in [-0.3, -0.25) is 0 Å². The van der Waals surface area contributed by atoms with Crippen LogP contribution in [0.4, 0.5) is 13.2 Å². The van der Waals surface area contributed by atoms with Gasteiger partial charge in [-0.05, 0) is 25.3 Å². The molecule has 3 heterocycles. The first kappa shape index (κ1) is 13.6. The topological polar surface area (TPSA) is 39.9 Å². The maximum absolute atomic E-state index is 13.0. The SMILES string of the molecule is FC(F)(F)c1nn(C2CCCCO2)c2ncc(Cl)cc12. The van der Waals surface area contributed by atoms with Gasteiger partial charge in [0.25, 0.3) is 0 Å². The number of nitrogens with zero attached hydrogens (tertiary/aromatic N) is 3. The molecule has 0 saturated carbocycles. The number of halogens is 4. The minimum atomic E-state index is -4.55. The molecule has 0 bridgehead atoms. The van der Waals surface area contributed by atoms with Crippen LogP contribution in [0.1, 0.15) is 31.2 Å². The van der Waals surface area contributed by atoms with Crippen molar-refractivity contribution in [2.24, 2.45) is 0 Å². The largest absolute Gasteiger partial charge is 0.435 e. The Hall–Kier alpha value is -1.34. The van der Waals surface area contributed by atoms with Gasteiger partial charge in [0, 0.05) is 12.8 Å². The molecule has 1 unspecified atom stereocenters. The van der Waals surface area contributed by atoms with E-state index in [0.717, 1.165) is 12.8 Å². The van der Waals surface area contributed by atoms with E-state index >= 15 is 0 Å². The molecule has 2 aromatic heterocycles. The van der Waals surface area contributed by atoms with Crippen LogP contribution in [-0.2, 0) is 10.9 Å². The number of fused-ring (bicyclic) bond motifs is 1. The molecule has 0 aromatic carbocycles. The van der Waals surface area contributed by atoms with E-state index in [1.54, 1.807) is 0 Å². The van der Waals surface area contributed by atoms with Crippen LogP contribution >= 0.6 is 11.6 Å². The van der Waals surface area contributed by atoms with Gasteiger partial charge in [-0.15, -0.1) is 0 Å². The molecule has 1 saturated heterocycles. The molecule has 3 rings (SSSR count). The zero-order valence-electron chi connectivity index (χ0n) is 10.3. The van der Waals surface area contributed by atoms with Crippen LogP contribution in [0, 0.1) is 0 Å². The summed E-state index contributed by atoms with van der Waals surface area (Å²) in [6, 6.07) is 1.24. The van der Waals surface area contributed by atoms with Crippen LogP contribution in [0.3, 0.4) is 0 Å². The first-order chi connectivity index (χ1) is 9.47. The highest BCUT2D eigenvalue weighted by Gasteiger charge is 2.38. The first-order valence-corrected chi connectivity index (χ1v) is 6.57. The van der Waals surface area contributed by atoms with Crippen LogP contribution in [0.15, 0.2) is 12.3 Å². The maximum Gasteiger partial charge on any atom is 0.435 e. The Balaban J connectivity index is 2.17. The number of alkyl halides is 3. The molecule has 8 heteroatoms. The summed E-state index contributed by atoms with van der Waals surface area (Å²) < 4.78 is 45.8. The average molecular weight is 306 g/mol. The van der Waals surface area contributed by atoms with Crippen molar-refractivity contribution in [3.05, 3.63) is 23.0 Å². The number of hydrogen-bond donors (Lipinski definition) is 0. The third kappa shape index (κ3) is 2.35. The third-order valence-corrected chi connectivity index (χ3v) is 3.42. The van der Waals surface area contributed by atoms with Crippen molar-refractivity contribution in [1.29, 1.82) is 0 Å².